The number of nitrogens with two attached hydrogens (primary N) is 3. The first-order chi connectivity index (χ1) is 25.0. The number of hydrogen-bond acceptors (Lipinski definition) is 9. The number of halogens is 3. The van der Waals surface area contributed by atoms with Crippen LogP contribution < -0.4 is 27.7 Å². The molecule has 264 valence electrons. The lowest BCUT2D eigenvalue weighted by molar-refractivity contribution is -0.116. The number of carbonyl (C=O) groups excluding carboxylic acids is 1. The first-order valence-corrected chi connectivity index (χ1v) is 17.4. The highest BCUT2D eigenvalue weighted by molar-refractivity contribution is 7.99. The van der Waals surface area contributed by atoms with E-state index in [1.54, 1.807) is 90.5 Å². The molecule has 3 heterocycles. The monoisotopic (exact) mass is 771 g/mol. The Morgan fingerprint density at radius 2 is 1.52 bits per heavy atom. The van der Waals surface area contributed by atoms with Crippen LogP contribution in [-0.2, 0) is 11.3 Å². The van der Waals surface area contributed by atoms with E-state index in [1.165, 1.54) is 18.7 Å². The second kappa shape index (κ2) is 17.6. The zero-order chi connectivity index (χ0) is 37.2. The summed E-state index contributed by atoms with van der Waals surface area (Å²) in [5, 5.41) is 2.68. The molecule has 0 saturated heterocycles. The minimum Gasteiger partial charge on any atom is -0.399 e. The van der Waals surface area contributed by atoms with E-state index < -0.39 is 0 Å². The van der Waals surface area contributed by atoms with Crippen LogP contribution in [-0.4, -0.2) is 30.4 Å². The molecule has 7 N–H and O–H groups in total. The normalized spacial score (nSPS) is 10.5. The number of imidazole rings is 1. The van der Waals surface area contributed by atoms with E-state index in [0.29, 0.717) is 60.4 Å². The van der Waals surface area contributed by atoms with Crippen LogP contribution in [0.2, 0.25) is 15.1 Å². The van der Waals surface area contributed by atoms with Gasteiger partial charge in [0, 0.05) is 53.7 Å². The Morgan fingerprint density at radius 3 is 2.15 bits per heavy atom. The van der Waals surface area contributed by atoms with E-state index in [1.807, 2.05) is 41.1 Å². The van der Waals surface area contributed by atoms with Gasteiger partial charge in [0.1, 0.15) is 0 Å². The molecule has 0 aliphatic rings. The first-order valence-electron chi connectivity index (χ1n) is 15.5. The molecular weight excluding hydrogens is 741 g/mol. The highest BCUT2D eigenvalue weighted by Gasteiger charge is 2.15. The van der Waals surface area contributed by atoms with Crippen LogP contribution in [0.1, 0.15) is 12.5 Å². The number of fused-ring (bicyclic) bond motifs is 1. The van der Waals surface area contributed by atoms with Crippen molar-refractivity contribution in [3.63, 3.8) is 0 Å². The SMILES string of the molecule is CC(=O)N(Cc1cccnc1)c1ccc(N)cc1Cl.Nc1ccc(-n2ccnc2)c(Cl)c1.Nc1ccc(Sc2nc3ccccc3c(=O)[nH]2)c(Cl)c1. The van der Waals surface area contributed by atoms with Crippen molar-refractivity contribution >= 4 is 86.1 Å². The number of anilines is 4. The van der Waals surface area contributed by atoms with E-state index >= 15 is 0 Å². The van der Waals surface area contributed by atoms with Crippen molar-refractivity contribution in [1.82, 2.24) is 24.5 Å². The third-order valence-corrected chi connectivity index (χ3v) is 9.21. The minimum atomic E-state index is -0.162. The summed E-state index contributed by atoms with van der Waals surface area (Å²) >= 11 is 19.6. The number of aromatic amines is 1. The molecular formula is C37H32Cl3N9O2S. The van der Waals surface area contributed by atoms with E-state index in [2.05, 4.69) is 19.9 Å². The van der Waals surface area contributed by atoms with Crippen molar-refractivity contribution in [2.24, 2.45) is 0 Å². The quantitative estimate of drug-likeness (QED) is 0.0958. The molecule has 52 heavy (non-hydrogen) atoms. The molecule has 0 saturated carbocycles. The predicted octanol–water partition coefficient (Wildman–Crippen LogP) is 8.29. The van der Waals surface area contributed by atoms with Crippen molar-refractivity contribution in [1.29, 1.82) is 0 Å². The van der Waals surface area contributed by atoms with Gasteiger partial charge in [-0.1, -0.05) is 64.8 Å². The van der Waals surface area contributed by atoms with Gasteiger partial charge < -0.3 is 31.7 Å². The molecule has 0 aliphatic carbocycles. The number of para-hydroxylation sites is 1. The van der Waals surface area contributed by atoms with Gasteiger partial charge in [-0.2, -0.15) is 0 Å². The maximum absolute atomic E-state index is 12.0. The molecule has 0 bridgehead atoms. The van der Waals surface area contributed by atoms with E-state index in [4.69, 9.17) is 52.0 Å². The van der Waals surface area contributed by atoms with Crippen LogP contribution in [0.15, 0.2) is 137 Å². The number of carbonyl (C=O) groups is 1. The zero-order valence-corrected chi connectivity index (χ0v) is 30.7. The van der Waals surface area contributed by atoms with E-state index in [0.717, 1.165) is 16.1 Å². The largest absolute Gasteiger partial charge is 0.399 e. The fourth-order valence-electron chi connectivity index (χ4n) is 4.73. The average Bonchev–Trinajstić information content (AvgIpc) is 3.65. The lowest BCUT2D eigenvalue weighted by Gasteiger charge is -2.22. The minimum absolute atomic E-state index is 0.0875. The van der Waals surface area contributed by atoms with Gasteiger partial charge in [-0.25, -0.2) is 9.97 Å². The molecule has 7 aromatic rings. The number of H-pyrrole nitrogens is 1. The standard InChI is InChI=1S/C14H10ClN3OS.C14H14ClN3O.C9H8ClN3/c15-10-7-8(16)5-6-12(10)20-14-17-11-4-2-1-3-9(11)13(19)18-14;1-10(19)18(9-11-3-2-6-17-8-11)14-5-4-12(16)7-13(14)15;10-8-5-7(11)1-2-9(8)13-4-3-12-6-13/h1-7H,16H2,(H,17,18,19);2-8H,9,16H2,1H3;1-6H,11H2. The Hall–Kier alpha value is -5.53. The number of amides is 1. The molecule has 11 nitrogen and oxygen atoms in total. The summed E-state index contributed by atoms with van der Waals surface area (Å²) < 4.78 is 1.84. The number of nitrogens with zero attached hydrogens (tertiary/aromatic N) is 5. The number of aromatic nitrogens is 5. The Kier molecular flexibility index (Phi) is 12.8. The smallest absolute Gasteiger partial charge is 0.259 e. The average molecular weight is 773 g/mol. The number of nitrogens with one attached hydrogen (secondary N) is 1. The third kappa shape index (κ3) is 10.0. The van der Waals surface area contributed by atoms with Crippen LogP contribution in [0.25, 0.3) is 16.6 Å². The number of pyridine rings is 1. The second-order valence-electron chi connectivity index (χ2n) is 11.0. The van der Waals surface area contributed by atoms with Gasteiger partial charge in [0.2, 0.25) is 5.91 Å². The summed E-state index contributed by atoms with van der Waals surface area (Å²) in [5.41, 5.74) is 21.7. The van der Waals surface area contributed by atoms with E-state index in [-0.39, 0.29) is 11.5 Å². The summed E-state index contributed by atoms with van der Waals surface area (Å²) in [6.07, 6.45) is 8.64. The number of hydrogen-bond donors (Lipinski definition) is 4. The highest BCUT2D eigenvalue weighted by atomic mass is 35.5. The summed E-state index contributed by atoms with van der Waals surface area (Å²) in [5.74, 6) is -0.0875. The summed E-state index contributed by atoms with van der Waals surface area (Å²) in [6.45, 7) is 1.93. The fourth-order valence-corrected chi connectivity index (χ4v) is 6.40. The molecule has 0 radical (unpaired) electrons. The number of rotatable bonds is 6. The molecule has 15 heteroatoms. The van der Waals surface area contributed by atoms with Crippen LogP contribution in [0, 0.1) is 0 Å². The Balaban J connectivity index is 0.000000154. The van der Waals surface area contributed by atoms with Gasteiger partial charge in [-0.05, 0) is 78.4 Å². The van der Waals surface area contributed by atoms with Crippen molar-refractivity contribution in [2.45, 2.75) is 23.5 Å². The maximum Gasteiger partial charge on any atom is 0.259 e. The number of nitrogen functional groups attached to an aromatic ring is 3. The number of benzene rings is 4. The second-order valence-corrected chi connectivity index (χ2v) is 13.3. The van der Waals surface area contributed by atoms with Gasteiger partial charge in [-0.15, -0.1) is 0 Å². The lowest BCUT2D eigenvalue weighted by atomic mass is 10.2. The predicted molar refractivity (Wildman–Crippen MR) is 212 cm³/mol. The molecule has 0 atom stereocenters. The molecule has 1 amide bonds. The van der Waals surface area contributed by atoms with Gasteiger partial charge in [0.05, 0.1) is 50.2 Å². The van der Waals surface area contributed by atoms with Gasteiger partial charge >= 0.3 is 0 Å². The Labute approximate surface area is 318 Å². The molecule has 7 rings (SSSR count). The van der Waals surface area contributed by atoms with Gasteiger partial charge in [-0.3, -0.25) is 14.6 Å². The lowest BCUT2D eigenvalue weighted by Crippen LogP contribution is -2.28. The maximum atomic E-state index is 12.0. The first kappa shape index (κ1) is 37.7. The topological polar surface area (TPSA) is 175 Å². The van der Waals surface area contributed by atoms with Gasteiger partial charge in [0.25, 0.3) is 5.56 Å². The van der Waals surface area contributed by atoms with E-state index in [9.17, 15) is 9.59 Å². The summed E-state index contributed by atoms with van der Waals surface area (Å²) in [7, 11) is 0. The van der Waals surface area contributed by atoms with Crippen LogP contribution in [0.5, 0.6) is 0 Å². The molecule has 0 aliphatic heterocycles. The Morgan fingerprint density at radius 1 is 0.827 bits per heavy atom. The zero-order valence-electron chi connectivity index (χ0n) is 27.6. The molecule has 0 fully saturated rings. The van der Waals surface area contributed by atoms with Crippen molar-refractivity contribution in [3.05, 3.63) is 153 Å². The molecule has 4 aromatic carbocycles. The van der Waals surface area contributed by atoms with Crippen molar-refractivity contribution < 1.29 is 4.79 Å². The fraction of sp³-hybridized carbons (Fsp3) is 0.0541. The van der Waals surface area contributed by atoms with Crippen LogP contribution in [0.3, 0.4) is 0 Å². The van der Waals surface area contributed by atoms with Crippen molar-refractivity contribution in [3.8, 4) is 5.69 Å². The Bertz CT molecular complexity index is 2360. The third-order valence-electron chi connectivity index (χ3n) is 7.21. The van der Waals surface area contributed by atoms with Gasteiger partial charge in [0.15, 0.2) is 5.16 Å². The summed E-state index contributed by atoms with van der Waals surface area (Å²) in [6, 6.07) is 26.7. The van der Waals surface area contributed by atoms with Crippen molar-refractivity contribution in [2.75, 3.05) is 22.1 Å². The molecule has 0 unspecified atom stereocenters. The summed E-state index contributed by atoms with van der Waals surface area (Å²) in [4.78, 5) is 41.3. The highest BCUT2D eigenvalue weighted by Crippen LogP contribution is 2.33. The van der Waals surface area contributed by atoms with Crippen LogP contribution >= 0.6 is 46.6 Å². The molecule has 3 aromatic heterocycles. The van der Waals surface area contributed by atoms with Crippen LogP contribution in [0.4, 0.5) is 22.7 Å². The molecule has 0 spiro atoms.